The van der Waals surface area contributed by atoms with Crippen LogP contribution < -0.4 is 5.73 Å². The fourth-order valence-electron chi connectivity index (χ4n) is 0.958. The van der Waals surface area contributed by atoms with E-state index in [2.05, 4.69) is 10.0 Å². The second-order valence-corrected chi connectivity index (χ2v) is 2.30. The number of hydrogen-bond acceptors (Lipinski definition) is 3. The van der Waals surface area contributed by atoms with Crippen LogP contribution in [0.5, 0.6) is 0 Å². The van der Waals surface area contributed by atoms with Crippen LogP contribution >= 0.6 is 12.4 Å². The Morgan fingerprint density at radius 2 is 2.36 bits per heavy atom. The van der Waals surface area contributed by atoms with Crippen molar-refractivity contribution in [2.75, 3.05) is 13.2 Å². The molecular weight excluding hydrogens is 168 g/mol. The summed E-state index contributed by atoms with van der Waals surface area (Å²) in [7, 11) is 0. The largest absolute Gasteiger partial charge is 0.380 e. The van der Waals surface area contributed by atoms with Crippen LogP contribution in [-0.4, -0.2) is 25.3 Å². The Labute approximate surface area is 70.9 Å². The molecule has 2 atom stereocenters. The number of rotatable bonds is 1. The van der Waals surface area contributed by atoms with E-state index in [9.17, 15) is 0 Å². The minimum Gasteiger partial charge on any atom is -0.380 e. The zero-order valence-corrected chi connectivity index (χ0v) is 6.83. The van der Waals surface area contributed by atoms with Gasteiger partial charge in [-0.25, -0.2) is 0 Å². The van der Waals surface area contributed by atoms with Gasteiger partial charge in [0.15, 0.2) is 0 Å². The van der Waals surface area contributed by atoms with Crippen LogP contribution in [0.2, 0.25) is 0 Å². The van der Waals surface area contributed by atoms with E-state index >= 15 is 0 Å². The first-order chi connectivity index (χ1) is 4.84. The average molecular weight is 179 g/mol. The van der Waals surface area contributed by atoms with Crippen LogP contribution in [0.3, 0.4) is 0 Å². The van der Waals surface area contributed by atoms with E-state index in [1.54, 1.807) is 0 Å². The molecule has 1 aliphatic rings. The molecule has 64 valence electrons. The van der Waals surface area contributed by atoms with E-state index in [0.29, 0.717) is 13.2 Å². The van der Waals surface area contributed by atoms with Crippen molar-refractivity contribution in [1.29, 1.82) is 0 Å². The predicted octanol–water partition coefficient (Wildman–Crippen LogP) is 0.835. The monoisotopic (exact) mass is 178 g/mol. The third kappa shape index (κ3) is 2.95. The van der Waals surface area contributed by atoms with Gasteiger partial charge in [0.05, 0.1) is 12.6 Å². The van der Waals surface area contributed by atoms with Gasteiger partial charge in [-0.1, -0.05) is 5.11 Å². The summed E-state index contributed by atoms with van der Waals surface area (Å²) in [5, 5.41) is 3.54. The van der Waals surface area contributed by atoms with Crippen LogP contribution in [0, 0.1) is 0 Å². The second-order valence-electron chi connectivity index (χ2n) is 2.30. The van der Waals surface area contributed by atoms with Gasteiger partial charge in [-0.2, -0.15) is 0 Å². The van der Waals surface area contributed by atoms with Crippen molar-refractivity contribution in [2.24, 2.45) is 10.8 Å². The Bertz CT molecular complexity index is 159. The summed E-state index contributed by atoms with van der Waals surface area (Å²) < 4.78 is 5.05. The summed E-state index contributed by atoms with van der Waals surface area (Å²) in [4.78, 5) is 2.70. The average Bonchev–Trinajstić information content (AvgIpc) is 1.94. The molecular formula is C5H11ClN4O. The lowest BCUT2D eigenvalue weighted by Crippen LogP contribution is -2.42. The molecule has 11 heavy (non-hydrogen) atoms. The van der Waals surface area contributed by atoms with Gasteiger partial charge in [0.1, 0.15) is 0 Å². The van der Waals surface area contributed by atoms with Gasteiger partial charge in [-0.15, -0.1) is 12.4 Å². The zero-order chi connectivity index (χ0) is 7.40. The van der Waals surface area contributed by atoms with E-state index in [-0.39, 0.29) is 24.5 Å². The Balaban J connectivity index is 0.000001000. The van der Waals surface area contributed by atoms with E-state index < -0.39 is 0 Å². The van der Waals surface area contributed by atoms with Crippen LogP contribution in [0.25, 0.3) is 10.4 Å². The summed E-state index contributed by atoms with van der Waals surface area (Å²) in [6.07, 6.45) is 0.741. The SMILES string of the molecule is Cl.[N-]=[N+]=NC1CCOCC1N. The van der Waals surface area contributed by atoms with Gasteiger partial charge in [0.2, 0.25) is 0 Å². The smallest absolute Gasteiger partial charge is 0.0621 e. The van der Waals surface area contributed by atoms with Gasteiger partial charge >= 0.3 is 0 Å². The van der Waals surface area contributed by atoms with Crippen molar-refractivity contribution >= 4 is 12.4 Å². The maximum atomic E-state index is 8.10. The van der Waals surface area contributed by atoms with Crippen LogP contribution in [0.4, 0.5) is 0 Å². The molecule has 0 aromatic rings. The Morgan fingerprint density at radius 1 is 1.64 bits per heavy atom. The van der Waals surface area contributed by atoms with E-state index in [4.69, 9.17) is 16.0 Å². The fourth-order valence-corrected chi connectivity index (χ4v) is 0.958. The molecule has 1 fully saturated rings. The normalized spacial score (nSPS) is 29.9. The summed E-state index contributed by atoms with van der Waals surface area (Å²) in [6, 6.07) is -0.191. The third-order valence-corrected chi connectivity index (χ3v) is 1.56. The molecule has 1 heterocycles. The molecule has 0 amide bonds. The number of nitrogens with zero attached hydrogens (tertiary/aromatic N) is 3. The van der Waals surface area contributed by atoms with Crippen molar-refractivity contribution in [1.82, 2.24) is 0 Å². The van der Waals surface area contributed by atoms with Gasteiger partial charge in [0, 0.05) is 17.6 Å². The number of halogens is 1. The molecule has 0 saturated carbocycles. The van der Waals surface area contributed by atoms with Crippen molar-refractivity contribution < 1.29 is 4.74 Å². The van der Waals surface area contributed by atoms with E-state index in [0.717, 1.165) is 6.42 Å². The van der Waals surface area contributed by atoms with Crippen LogP contribution in [0.1, 0.15) is 6.42 Å². The Kier molecular flexibility index (Phi) is 4.98. The first kappa shape index (κ1) is 10.5. The van der Waals surface area contributed by atoms with Crippen molar-refractivity contribution in [3.05, 3.63) is 10.4 Å². The minimum absolute atomic E-state index is 0. The Morgan fingerprint density at radius 3 is 2.91 bits per heavy atom. The molecule has 6 heteroatoms. The molecule has 2 N–H and O–H groups in total. The zero-order valence-electron chi connectivity index (χ0n) is 6.01. The fraction of sp³-hybridized carbons (Fsp3) is 1.00. The maximum absolute atomic E-state index is 8.10. The van der Waals surface area contributed by atoms with Crippen LogP contribution in [-0.2, 0) is 4.74 Å². The topological polar surface area (TPSA) is 84.0 Å². The highest BCUT2D eigenvalue weighted by Crippen LogP contribution is 2.09. The molecule has 0 radical (unpaired) electrons. The second kappa shape index (κ2) is 5.21. The lowest BCUT2D eigenvalue weighted by atomic mass is 10.1. The lowest BCUT2D eigenvalue weighted by molar-refractivity contribution is 0.0712. The highest BCUT2D eigenvalue weighted by molar-refractivity contribution is 5.85. The van der Waals surface area contributed by atoms with E-state index in [1.807, 2.05) is 0 Å². The van der Waals surface area contributed by atoms with Gasteiger partial charge < -0.3 is 10.5 Å². The standard InChI is InChI=1S/C5H10N4O.ClH/c6-4-3-10-2-1-5(4)8-9-7;/h4-5H,1-3,6H2;1H. The van der Waals surface area contributed by atoms with Crippen molar-refractivity contribution in [2.45, 2.75) is 18.5 Å². The van der Waals surface area contributed by atoms with Crippen LogP contribution in [0.15, 0.2) is 5.11 Å². The first-order valence-electron chi connectivity index (χ1n) is 3.22. The highest BCUT2D eigenvalue weighted by atomic mass is 35.5. The lowest BCUT2D eigenvalue weighted by Gasteiger charge is -2.24. The molecule has 0 aromatic heterocycles. The minimum atomic E-state index is -0.121. The molecule has 0 spiro atoms. The van der Waals surface area contributed by atoms with Crippen molar-refractivity contribution in [3.63, 3.8) is 0 Å². The summed E-state index contributed by atoms with van der Waals surface area (Å²) in [5.41, 5.74) is 13.7. The molecule has 1 rings (SSSR count). The molecule has 1 aliphatic heterocycles. The van der Waals surface area contributed by atoms with Gasteiger partial charge in [-0.3, -0.25) is 0 Å². The molecule has 0 aromatic carbocycles. The molecule has 5 nitrogen and oxygen atoms in total. The van der Waals surface area contributed by atoms with E-state index in [1.165, 1.54) is 0 Å². The maximum Gasteiger partial charge on any atom is 0.0621 e. The van der Waals surface area contributed by atoms with Crippen molar-refractivity contribution in [3.8, 4) is 0 Å². The summed E-state index contributed by atoms with van der Waals surface area (Å²) >= 11 is 0. The first-order valence-corrected chi connectivity index (χ1v) is 3.22. The van der Waals surface area contributed by atoms with Gasteiger partial charge in [-0.05, 0) is 12.0 Å². The molecule has 1 saturated heterocycles. The molecule has 2 unspecified atom stereocenters. The highest BCUT2D eigenvalue weighted by Gasteiger charge is 2.20. The number of ether oxygens (including phenoxy) is 1. The Hall–Kier alpha value is -0.480. The number of nitrogens with two attached hydrogens (primary N) is 1. The van der Waals surface area contributed by atoms with Gasteiger partial charge in [0.25, 0.3) is 0 Å². The molecule has 0 bridgehead atoms. The summed E-state index contributed by atoms with van der Waals surface area (Å²) in [6.45, 7) is 1.15. The summed E-state index contributed by atoms with van der Waals surface area (Å²) in [5.74, 6) is 0. The number of azide groups is 1. The quantitative estimate of drug-likeness (QED) is 0.367. The number of hydrogen-bond donors (Lipinski definition) is 1. The molecule has 0 aliphatic carbocycles. The third-order valence-electron chi connectivity index (χ3n) is 1.56. The predicted molar refractivity (Wildman–Crippen MR) is 43.6 cm³/mol.